The van der Waals surface area contributed by atoms with Gasteiger partial charge in [0.2, 0.25) is 6.79 Å². The molecule has 1 aliphatic carbocycles. The number of fused-ring (bicyclic) bond motifs is 2. The fourth-order valence-corrected chi connectivity index (χ4v) is 5.36. The third-order valence-electron chi connectivity index (χ3n) is 6.41. The Hall–Kier alpha value is -1.83. The van der Waals surface area contributed by atoms with Crippen LogP contribution in [0.25, 0.3) is 0 Å². The van der Waals surface area contributed by atoms with E-state index in [1.54, 1.807) is 0 Å². The lowest BCUT2D eigenvalue weighted by atomic mass is 9.59. The van der Waals surface area contributed by atoms with Gasteiger partial charge in [-0.15, -0.1) is 0 Å². The first kappa shape index (κ1) is 15.4. The first-order valence-electron chi connectivity index (χ1n) is 8.71. The average Bonchev–Trinajstić information content (AvgIpc) is 3.08. The van der Waals surface area contributed by atoms with Crippen LogP contribution in [0, 0.1) is 0 Å². The number of nitrogens with zero attached hydrogens (tertiary/aromatic N) is 1. The molecule has 4 aliphatic rings. The quantitative estimate of drug-likeness (QED) is 0.721. The number of ether oxygens (including phenoxy) is 3. The predicted octanol–water partition coefficient (Wildman–Crippen LogP) is 0.647. The molecule has 2 fully saturated rings. The first-order valence-corrected chi connectivity index (χ1v) is 8.71. The molecular weight excluding hydrogens is 326 g/mol. The van der Waals surface area contributed by atoms with Gasteiger partial charge in [-0.1, -0.05) is 0 Å². The van der Waals surface area contributed by atoms with Crippen LogP contribution in [-0.4, -0.2) is 52.4 Å². The molecule has 0 radical (unpaired) electrons. The fraction of sp³-hybridized carbons (Fsp3) is 0.611. The third-order valence-corrected chi connectivity index (χ3v) is 6.41. The van der Waals surface area contributed by atoms with Crippen molar-refractivity contribution in [1.29, 1.82) is 0 Å². The third kappa shape index (κ3) is 1.78. The zero-order valence-corrected chi connectivity index (χ0v) is 14.0. The molecule has 0 spiro atoms. The number of hydrogen-bond acceptors (Lipinski definition) is 7. The van der Waals surface area contributed by atoms with Crippen molar-refractivity contribution >= 4 is 5.97 Å². The Bertz CT molecular complexity index is 766. The zero-order chi connectivity index (χ0) is 17.4. The molecule has 5 rings (SSSR count). The highest BCUT2D eigenvalue weighted by Crippen LogP contribution is 2.60. The lowest BCUT2D eigenvalue weighted by Crippen LogP contribution is -2.69. The number of esters is 1. The number of carbonyl (C=O) groups excluding carboxylic acids is 1. The molecule has 0 amide bonds. The minimum absolute atomic E-state index is 0.178. The molecule has 1 aromatic carbocycles. The second kappa shape index (κ2) is 4.87. The van der Waals surface area contributed by atoms with Crippen molar-refractivity contribution in [3.05, 3.63) is 23.3 Å². The van der Waals surface area contributed by atoms with Crippen molar-refractivity contribution in [1.82, 2.24) is 4.90 Å². The van der Waals surface area contributed by atoms with Crippen LogP contribution in [-0.2, 0) is 21.5 Å². The van der Waals surface area contributed by atoms with Crippen LogP contribution in [0.5, 0.6) is 11.5 Å². The monoisotopic (exact) mass is 347 g/mol. The Kier molecular flexibility index (Phi) is 3.01. The lowest BCUT2D eigenvalue weighted by molar-refractivity contribution is -0.221. The molecule has 25 heavy (non-hydrogen) atoms. The number of hydrogen-bond donors (Lipinski definition) is 2. The predicted molar refractivity (Wildman–Crippen MR) is 85.0 cm³/mol. The Labute approximate surface area is 145 Å². The molecule has 1 aromatic rings. The number of benzene rings is 1. The summed E-state index contributed by atoms with van der Waals surface area (Å²) in [5, 5.41) is 22.8. The lowest BCUT2D eigenvalue weighted by Gasteiger charge is -2.56. The Morgan fingerprint density at radius 1 is 1.32 bits per heavy atom. The molecule has 5 atom stereocenters. The normalized spacial score (nSPS) is 40.4. The summed E-state index contributed by atoms with van der Waals surface area (Å²) in [6.07, 6.45) is -0.0889. The molecule has 2 bridgehead atoms. The average molecular weight is 347 g/mol. The van der Waals surface area contributed by atoms with Gasteiger partial charge in [-0.05, 0) is 42.5 Å². The van der Waals surface area contributed by atoms with Crippen molar-refractivity contribution < 1.29 is 29.2 Å². The van der Waals surface area contributed by atoms with Gasteiger partial charge in [0.25, 0.3) is 0 Å². The summed E-state index contributed by atoms with van der Waals surface area (Å²) in [7, 11) is 0. The summed E-state index contributed by atoms with van der Waals surface area (Å²) in [6, 6.07) is 3.84. The standard InChI is InChI=1S/C18H21NO6/c1-10(20)25-13-2-3-18(22)17(16(13)21)4-5-19(18)8-11-6-14-15(7-12(11)17)24-9-23-14/h6-7,13,16,21-22H,2-5,8-9H2,1H3. The molecule has 7 nitrogen and oxygen atoms in total. The van der Waals surface area contributed by atoms with Crippen LogP contribution in [0.15, 0.2) is 12.1 Å². The van der Waals surface area contributed by atoms with E-state index in [0.717, 1.165) is 11.1 Å². The summed E-state index contributed by atoms with van der Waals surface area (Å²) in [4.78, 5) is 13.5. The van der Waals surface area contributed by atoms with Crippen molar-refractivity contribution in [3.8, 4) is 11.5 Å². The summed E-state index contributed by atoms with van der Waals surface area (Å²) in [5.41, 5.74) is -0.116. The highest BCUT2D eigenvalue weighted by atomic mass is 16.7. The van der Waals surface area contributed by atoms with Gasteiger partial charge in [-0.3, -0.25) is 9.69 Å². The molecular formula is C18H21NO6. The topological polar surface area (TPSA) is 88.5 Å². The van der Waals surface area contributed by atoms with Crippen molar-refractivity contribution in [2.45, 2.75) is 56.1 Å². The Morgan fingerprint density at radius 2 is 2.08 bits per heavy atom. The van der Waals surface area contributed by atoms with Crippen LogP contribution in [0.1, 0.15) is 37.3 Å². The number of aliphatic hydroxyl groups excluding tert-OH is 1. The zero-order valence-electron chi connectivity index (χ0n) is 14.0. The molecule has 3 heterocycles. The van der Waals surface area contributed by atoms with Gasteiger partial charge >= 0.3 is 5.97 Å². The number of rotatable bonds is 1. The highest BCUT2D eigenvalue weighted by Gasteiger charge is 2.69. The maximum absolute atomic E-state index is 11.6. The number of aliphatic hydroxyl groups is 2. The SMILES string of the molecule is CC(=O)OC1CCC2(O)N3CCC2(c2cc4c(cc2C3)OCO4)C1O. The second-order valence-corrected chi connectivity index (χ2v) is 7.45. The van der Waals surface area contributed by atoms with Gasteiger partial charge in [0.15, 0.2) is 11.5 Å². The van der Waals surface area contributed by atoms with E-state index in [4.69, 9.17) is 14.2 Å². The largest absolute Gasteiger partial charge is 0.460 e. The second-order valence-electron chi connectivity index (χ2n) is 7.45. The van der Waals surface area contributed by atoms with Crippen LogP contribution in [0.2, 0.25) is 0 Å². The molecule has 134 valence electrons. The smallest absolute Gasteiger partial charge is 0.302 e. The van der Waals surface area contributed by atoms with Crippen LogP contribution in [0.4, 0.5) is 0 Å². The molecule has 3 aliphatic heterocycles. The minimum atomic E-state index is -1.14. The van der Waals surface area contributed by atoms with Gasteiger partial charge in [0, 0.05) is 20.0 Å². The van der Waals surface area contributed by atoms with E-state index >= 15 is 0 Å². The maximum atomic E-state index is 11.6. The molecule has 1 saturated carbocycles. The van der Waals surface area contributed by atoms with Crippen molar-refractivity contribution in [2.75, 3.05) is 13.3 Å². The molecule has 0 aromatic heterocycles. The van der Waals surface area contributed by atoms with Gasteiger partial charge in [-0.2, -0.15) is 0 Å². The van der Waals surface area contributed by atoms with Crippen molar-refractivity contribution in [3.63, 3.8) is 0 Å². The van der Waals surface area contributed by atoms with Crippen molar-refractivity contribution in [2.24, 2.45) is 0 Å². The first-order chi connectivity index (χ1) is 12.0. The number of carbonyl (C=O) groups is 1. The maximum Gasteiger partial charge on any atom is 0.302 e. The Balaban J connectivity index is 1.68. The summed E-state index contributed by atoms with van der Waals surface area (Å²) in [5.74, 6) is 0.920. The van der Waals surface area contributed by atoms with E-state index < -0.39 is 29.3 Å². The molecule has 7 heteroatoms. The fourth-order valence-electron chi connectivity index (χ4n) is 5.36. The van der Waals surface area contributed by atoms with E-state index in [9.17, 15) is 15.0 Å². The van der Waals surface area contributed by atoms with E-state index in [0.29, 0.717) is 43.9 Å². The summed E-state index contributed by atoms with van der Waals surface area (Å²) >= 11 is 0. The van der Waals surface area contributed by atoms with Gasteiger partial charge in [-0.25, -0.2) is 0 Å². The van der Waals surface area contributed by atoms with Gasteiger partial charge in [0.05, 0.1) is 5.41 Å². The minimum Gasteiger partial charge on any atom is -0.460 e. The van der Waals surface area contributed by atoms with E-state index in [1.807, 2.05) is 17.0 Å². The van der Waals surface area contributed by atoms with Crippen LogP contribution >= 0.6 is 0 Å². The van der Waals surface area contributed by atoms with Crippen LogP contribution < -0.4 is 9.47 Å². The van der Waals surface area contributed by atoms with E-state index in [2.05, 4.69) is 0 Å². The summed E-state index contributed by atoms with van der Waals surface area (Å²) in [6.45, 7) is 2.81. The molecule has 5 unspecified atom stereocenters. The van der Waals surface area contributed by atoms with Gasteiger partial charge in [0.1, 0.15) is 17.9 Å². The van der Waals surface area contributed by atoms with Gasteiger partial charge < -0.3 is 24.4 Å². The molecule has 2 N–H and O–H groups in total. The van der Waals surface area contributed by atoms with E-state index in [-0.39, 0.29) is 6.79 Å². The molecule has 1 saturated heterocycles. The van der Waals surface area contributed by atoms with E-state index in [1.165, 1.54) is 6.92 Å². The highest BCUT2D eigenvalue weighted by molar-refractivity contribution is 5.66. The van der Waals surface area contributed by atoms with Crippen LogP contribution in [0.3, 0.4) is 0 Å². The summed E-state index contributed by atoms with van der Waals surface area (Å²) < 4.78 is 16.4. The Morgan fingerprint density at radius 3 is 2.84 bits per heavy atom.